The van der Waals surface area contributed by atoms with Crippen molar-refractivity contribution >= 4 is 17.2 Å². The molecule has 0 radical (unpaired) electrons. The maximum absolute atomic E-state index is 5.62. The quantitative estimate of drug-likeness (QED) is 0.264. The van der Waals surface area contributed by atoms with E-state index in [0.717, 1.165) is 0 Å². The van der Waals surface area contributed by atoms with Gasteiger partial charge in [0.2, 0.25) is 0 Å². The summed E-state index contributed by atoms with van der Waals surface area (Å²) >= 11 is 0. The number of hydrogen-bond acceptors (Lipinski definition) is 7. The Morgan fingerprint density at radius 1 is 1.04 bits per heavy atom. The van der Waals surface area contributed by atoms with Gasteiger partial charge in [0.1, 0.15) is 11.5 Å². The molecule has 0 amide bonds. The number of allylic oxidation sites excluding steroid dienone is 6. The van der Waals surface area contributed by atoms with Crippen molar-refractivity contribution in [2.75, 3.05) is 19.8 Å². The first-order valence-electron chi connectivity index (χ1n) is 7.58. The predicted octanol–water partition coefficient (Wildman–Crippen LogP) is 4.97. The molecule has 9 heteroatoms. The Morgan fingerprint density at radius 3 is 2.28 bits per heavy atom. The van der Waals surface area contributed by atoms with E-state index in [1.54, 1.807) is 0 Å². The van der Waals surface area contributed by atoms with Gasteiger partial charge in [-0.15, -0.1) is 4.67 Å². The molecule has 2 aliphatic heterocycles. The zero-order valence-corrected chi connectivity index (χ0v) is 16.0. The average molecular weight is 388 g/mol. The van der Waals surface area contributed by atoms with Crippen LogP contribution in [0.3, 0.4) is 0 Å². The van der Waals surface area contributed by atoms with Crippen molar-refractivity contribution in [2.45, 2.75) is 19.4 Å². The Balaban J connectivity index is 1.78. The predicted molar refractivity (Wildman–Crippen MR) is 95.8 cm³/mol. The van der Waals surface area contributed by atoms with Gasteiger partial charge < -0.3 is 9.05 Å². The van der Waals surface area contributed by atoms with E-state index in [1.165, 1.54) is 6.08 Å². The monoisotopic (exact) mass is 388 g/mol. The van der Waals surface area contributed by atoms with Crippen LogP contribution in [0.15, 0.2) is 61.1 Å². The maximum atomic E-state index is 5.62. The van der Waals surface area contributed by atoms with Crippen LogP contribution >= 0.6 is 17.2 Å². The largest absolute Gasteiger partial charge is 0.427 e. The zero-order valence-electron chi connectivity index (χ0n) is 14.3. The SMILES string of the molecule is C=CC(=C)OP1OCC2(CO1)COP(OC(/C=C\C=C/C)=C/C)OO2. The van der Waals surface area contributed by atoms with Gasteiger partial charge in [-0.2, -0.15) is 0 Å². The standard InChI is InChI=1S/C16H22O7P2/c1-5-8-9-10-15(7-3)21-25-19-13-16(22-23-25)11-17-24(18-12-16)20-14(4)6-2/h5-10H,2,4,11-13H2,1,3H3/b8-5-,10-9-,15-7+. The minimum Gasteiger partial charge on any atom is -0.427 e. The molecule has 138 valence electrons. The van der Waals surface area contributed by atoms with E-state index in [9.17, 15) is 0 Å². The van der Waals surface area contributed by atoms with Crippen molar-refractivity contribution < 1.29 is 32.2 Å². The van der Waals surface area contributed by atoms with E-state index >= 15 is 0 Å². The highest BCUT2D eigenvalue weighted by Gasteiger charge is 2.47. The van der Waals surface area contributed by atoms with Crippen LogP contribution in [0, 0.1) is 0 Å². The summed E-state index contributed by atoms with van der Waals surface area (Å²) in [5.41, 5.74) is -0.837. The highest BCUT2D eigenvalue weighted by molar-refractivity contribution is 7.42. The molecule has 2 saturated heterocycles. The highest BCUT2D eigenvalue weighted by Crippen LogP contribution is 2.52. The summed E-state index contributed by atoms with van der Waals surface area (Å²) in [6, 6.07) is 0. The average Bonchev–Trinajstić information content (AvgIpc) is 2.64. The topological polar surface area (TPSA) is 64.6 Å². The molecule has 0 aromatic carbocycles. The van der Waals surface area contributed by atoms with Crippen molar-refractivity contribution in [3.8, 4) is 0 Å². The van der Waals surface area contributed by atoms with Gasteiger partial charge in [-0.3, -0.25) is 13.6 Å². The van der Waals surface area contributed by atoms with Crippen LogP contribution in [-0.2, 0) is 32.2 Å². The molecule has 0 bridgehead atoms. The fourth-order valence-corrected chi connectivity index (χ4v) is 3.78. The molecule has 2 aliphatic rings. The van der Waals surface area contributed by atoms with Gasteiger partial charge in [-0.25, -0.2) is 4.89 Å². The van der Waals surface area contributed by atoms with E-state index in [-0.39, 0.29) is 19.8 Å². The summed E-state index contributed by atoms with van der Waals surface area (Å²) in [7, 11) is -3.16. The lowest BCUT2D eigenvalue weighted by atomic mass is 10.1. The maximum Gasteiger partial charge on any atom is 0.427 e. The lowest BCUT2D eigenvalue weighted by Gasteiger charge is -2.39. The van der Waals surface area contributed by atoms with Crippen LogP contribution in [-0.4, -0.2) is 25.4 Å². The Labute approximate surface area is 150 Å². The third kappa shape index (κ3) is 6.32. The molecule has 0 aromatic rings. The molecule has 1 unspecified atom stereocenters. The molecule has 2 rings (SSSR count). The second-order valence-electron chi connectivity index (χ2n) is 5.04. The molecule has 2 fully saturated rings. The van der Waals surface area contributed by atoms with E-state index < -0.39 is 22.8 Å². The molecular weight excluding hydrogens is 366 g/mol. The molecule has 2 heterocycles. The first-order chi connectivity index (χ1) is 12.1. The van der Waals surface area contributed by atoms with Crippen LogP contribution in [0.2, 0.25) is 0 Å². The zero-order chi connectivity index (χ0) is 18.1. The van der Waals surface area contributed by atoms with Gasteiger partial charge in [0, 0.05) is 0 Å². The van der Waals surface area contributed by atoms with Crippen molar-refractivity contribution in [3.63, 3.8) is 0 Å². The van der Waals surface area contributed by atoms with Crippen molar-refractivity contribution in [1.82, 2.24) is 0 Å². The van der Waals surface area contributed by atoms with E-state index in [0.29, 0.717) is 11.5 Å². The van der Waals surface area contributed by atoms with Gasteiger partial charge in [-0.1, -0.05) is 31.4 Å². The van der Waals surface area contributed by atoms with Crippen molar-refractivity contribution in [1.29, 1.82) is 0 Å². The molecular formula is C16H22O7P2. The minimum absolute atomic E-state index is 0.212. The van der Waals surface area contributed by atoms with Crippen LogP contribution in [0.5, 0.6) is 0 Å². The molecule has 0 aromatic heterocycles. The first-order valence-corrected chi connectivity index (χ1v) is 9.77. The van der Waals surface area contributed by atoms with Crippen LogP contribution < -0.4 is 0 Å². The van der Waals surface area contributed by atoms with Crippen LogP contribution in [0.4, 0.5) is 0 Å². The third-order valence-electron chi connectivity index (χ3n) is 3.02. The van der Waals surface area contributed by atoms with Gasteiger partial charge in [0.15, 0.2) is 5.60 Å². The summed E-state index contributed by atoms with van der Waals surface area (Å²) in [6.07, 6.45) is 10.8. The van der Waals surface area contributed by atoms with E-state index in [1.807, 2.05) is 44.2 Å². The summed E-state index contributed by atoms with van der Waals surface area (Å²) in [4.78, 5) is 5.45. The highest BCUT2D eigenvalue weighted by atomic mass is 31.2. The summed E-state index contributed by atoms with van der Waals surface area (Å²) in [6.45, 7) is 11.6. The Kier molecular flexibility index (Phi) is 8.27. The summed E-state index contributed by atoms with van der Waals surface area (Å²) in [5, 5.41) is 0. The molecule has 7 nitrogen and oxygen atoms in total. The minimum atomic E-state index is -1.65. The van der Waals surface area contributed by atoms with Gasteiger partial charge in [0.25, 0.3) is 0 Å². The van der Waals surface area contributed by atoms with E-state index in [2.05, 4.69) is 13.2 Å². The first kappa shape index (κ1) is 20.3. The molecule has 0 N–H and O–H groups in total. The molecule has 25 heavy (non-hydrogen) atoms. The lowest BCUT2D eigenvalue weighted by Crippen LogP contribution is -2.50. The Bertz CT molecular complexity index is 541. The Morgan fingerprint density at radius 2 is 1.72 bits per heavy atom. The number of rotatable bonds is 7. The third-order valence-corrected chi connectivity index (χ3v) is 4.98. The smallest absolute Gasteiger partial charge is 0.427 e. The van der Waals surface area contributed by atoms with Crippen molar-refractivity contribution in [3.05, 3.63) is 61.1 Å². The molecule has 1 spiro atoms. The van der Waals surface area contributed by atoms with Crippen LogP contribution in [0.1, 0.15) is 13.8 Å². The van der Waals surface area contributed by atoms with Gasteiger partial charge in [-0.05, 0) is 32.1 Å². The second kappa shape index (κ2) is 10.2. The molecule has 0 aliphatic carbocycles. The fourth-order valence-electron chi connectivity index (χ4n) is 1.63. The number of hydrogen-bond donors (Lipinski definition) is 0. The lowest BCUT2D eigenvalue weighted by molar-refractivity contribution is -0.344. The Hall–Kier alpha value is -1.04. The fraction of sp³-hybridized carbons (Fsp3) is 0.375. The summed E-state index contributed by atoms with van der Waals surface area (Å²) in [5.74, 6) is 1.01. The van der Waals surface area contributed by atoms with Gasteiger partial charge >= 0.3 is 17.2 Å². The second-order valence-corrected chi connectivity index (χ2v) is 7.22. The molecule has 0 saturated carbocycles. The van der Waals surface area contributed by atoms with Gasteiger partial charge in [0.05, 0.1) is 19.8 Å². The molecule has 1 atom stereocenters. The van der Waals surface area contributed by atoms with Crippen molar-refractivity contribution in [2.24, 2.45) is 0 Å². The summed E-state index contributed by atoms with van der Waals surface area (Å²) < 4.78 is 32.8. The van der Waals surface area contributed by atoms with E-state index in [4.69, 9.17) is 32.2 Å². The normalized spacial score (nSPS) is 30.7. The van der Waals surface area contributed by atoms with Crippen LogP contribution in [0.25, 0.3) is 0 Å².